The Labute approximate surface area is 183 Å². The van der Waals surface area contributed by atoms with Crippen LogP contribution in [0.3, 0.4) is 0 Å². The lowest BCUT2D eigenvalue weighted by Gasteiger charge is -2.59. The van der Waals surface area contributed by atoms with Gasteiger partial charge in [-0.2, -0.15) is 0 Å². The second-order valence-electron chi connectivity index (χ2n) is 8.64. The zero-order valence-corrected chi connectivity index (χ0v) is 18.1. The van der Waals surface area contributed by atoms with Gasteiger partial charge in [-0.15, -0.1) is 5.47 Å². The van der Waals surface area contributed by atoms with Crippen molar-refractivity contribution in [3.05, 3.63) is 109 Å². The third-order valence-electron chi connectivity index (χ3n) is 6.89. The van der Waals surface area contributed by atoms with Crippen LogP contribution in [0.25, 0.3) is 11.0 Å². The van der Waals surface area contributed by atoms with E-state index in [1.54, 1.807) is 0 Å². The van der Waals surface area contributed by atoms with Crippen molar-refractivity contribution in [1.82, 2.24) is 19.3 Å². The molecular formula is C26H25BN4. The van der Waals surface area contributed by atoms with Crippen molar-refractivity contribution in [1.29, 1.82) is 0 Å². The van der Waals surface area contributed by atoms with Gasteiger partial charge in [-0.05, 0) is 54.5 Å². The van der Waals surface area contributed by atoms with E-state index < -0.39 is 6.28 Å². The molecule has 0 atom stereocenters. The van der Waals surface area contributed by atoms with Crippen LogP contribution < -0.4 is 15.6 Å². The lowest BCUT2D eigenvalue weighted by Crippen LogP contribution is -2.81. The summed E-state index contributed by atoms with van der Waals surface area (Å²) in [6.07, 6.45) is 4.00. The fraction of sp³-hybridized carbons (Fsp3) is 0.115. The molecule has 1 aliphatic rings. The molecule has 4 nitrogen and oxygen atoms in total. The summed E-state index contributed by atoms with van der Waals surface area (Å²) in [5.74, 6) is 0. The van der Waals surface area contributed by atoms with E-state index >= 15 is 0 Å². The van der Waals surface area contributed by atoms with Crippen molar-refractivity contribution >= 4 is 34.2 Å². The number of pyridine rings is 3. The zero-order chi connectivity index (χ0) is 21.5. The molecule has 0 saturated heterocycles. The molecule has 0 saturated carbocycles. The smallest absolute Gasteiger partial charge is 0.332 e. The van der Waals surface area contributed by atoms with Gasteiger partial charge in [-0.3, -0.25) is 15.0 Å². The Bertz CT molecular complexity index is 1210. The normalized spacial score (nSPS) is 16.6. The van der Waals surface area contributed by atoms with E-state index in [4.69, 9.17) is 15.0 Å². The predicted octanol–water partition coefficient (Wildman–Crippen LogP) is 3.68. The van der Waals surface area contributed by atoms with Crippen LogP contribution in [-0.2, 0) is 0 Å². The van der Waals surface area contributed by atoms with Crippen LogP contribution >= 0.6 is 0 Å². The second kappa shape index (κ2) is 7.29. The predicted molar refractivity (Wildman–Crippen MR) is 130 cm³/mol. The lowest BCUT2D eigenvalue weighted by molar-refractivity contribution is 0.608. The molecule has 1 aliphatic heterocycles. The van der Waals surface area contributed by atoms with Gasteiger partial charge in [0.25, 0.3) is 0 Å². The van der Waals surface area contributed by atoms with E-state index in [-0.39, 0.29) is 0 Å². The number of hydrogen-bond acceptors (Lipinski definition) is 3. The van der Waals surface area contributed by atoms with E-state index in [0.29, 0.717) is 4.39 Å². The molecule has 4 aromatic rings. The Hall–Kier alpha value is -3.57. The van der Waals surface area contributed by atoms with Crippen molar-refractivity contribution in [3.8, 4) is 0 Å². The van der Waals surface area contributed by atoms with E-state index in [1.807, 2.05) is 36.8 Å². The highest BCUT2D eigenvalue weighted by Gasteiger charge is 2.55. The minimum absolute atomic E-state index is 0.605. The van der Waals surface area contributed by atoms with Crippen LogP contribution in [0.2, 0.25) is 0 Å². The Morgan fingerprint density at radius 2 is 1.19 bits per heavy atom. The van der Waals surface area contributed by atoms with Crippen LogP contribution in [-0.4, -0.2) is 35.3 Å². The molecule has 0 N–H and O–H groups in total. The van der Waals surface area contributed by atoms with Crippen LogP contribution in [0.15, 0.2) is 97.5 Å². The van der Waals surface area contributed by atoms with Gasteiger partial charge in [0.1, 0.15) is 0 Å². The van der Waals surface area contributed by atoms with Crippen LogP contribution in [0.5, 0.6) is 0 Å². The highest BCUT2D eigenvalue weighted by Crippen LogP contribution is 2.46. The Morgan fingerprint density at radius 3 is 1.74 bits per heavy atom. The van der Waals surface area contributed by atoms with Gasteiger partial charge in [0.05, 0.1) is 5.69 Å². The number of benzene rings is 1. The van der Waals surface area contributed by atoms with Crippen molar-refractivity contribution in [3.63, 3.8) is 0 Å². The Balaban J connectivity index is 2.02. The van der Waals surface area contributed by atoms with Gasteiger partial charge in [0.2, 0.25) is 0 Å². The quantitative estimate of drug-likeness (QED) is 0.489. The van der Waals surface area contributed by atoms with Crippen LogP contribution in [0, 0.1) is 0 Å². The molecule has 3 aromatic heterocycles. The first-order valence-electron chi connectivity index (χ1n) is 10.6. The summed E-state index contributed by atoms with van der Waals surface area (Å²) in [6.45, 7) is 2.21. The maximum atomic E-state index is 4.94. The monoisotopic (exact) mass is 404 g/mol. The first-order valence-corrected chi connectivity index (χ1v) is 10.6. The van der Waals surface area contributed by atoms with Gasteiger partial charge in [-0.1, -0.05) is 48.0 Å². The third-order valence-corrected chi connectivity index (χ3v) is 6.89. The number of aromatic nitrogens is 3. The van der Waals surface area contributed by atoms with Gasteiger partial charge in [0.15, 0.2) is 0 Å². The average Bonchev–Trinajstić information content (AvgIpc) is 2.83. The minimum Gasteiger partial charge on any atom is -0.472 e. The van der Waals surface area contributed by atoms with E-state index in [0.717, 1.165) is 16.9 Å². The summed E-state index contributed by atoms with van der Waals surface area (Å²) in [4.78, 5) is 14.7. The summed E-state index contributed by atoms with van der Waals surface area (Å²) < 4.78 is 0.605. The molecule has 5 heteroatoms. The molecule has 31 heavy (non-hydrogen) atoms. The molecule has 0 amide bonds. The number of quaternary nitrogens is 1. The molecule has 1 aromatic carbocycles. The number of para-hydroxylation sites is 1. The highest BCUT2D eigenvalue weighted by atomic mass is 15.3. The number of allylic oxidation sites excluding steroid dienone is 1. The van der Waals surface area contributed by atoms with Gasteiger partial charge < -0.3 is 4.39 Å². The standard InChI is InChI=1S/C26H25BN4/c1-20-21-12-4-5-14-23(21)31(2,3)27(24-15-7-10-18-29-24,25-16-8-11-19-30-25)26(20)22-13-6-9-17-28-22/h4-19H,1-3H3. The Kier molecular flexibility index (Phi) is 4.56. The van der Waals surface area contributed by atoms with Crippen molar-refractivity contribution in [2.75, 3.05) is 14.1 Å². The largest absolute Gasteiger partial charge is 0.472 e. The molecule has 0 bridgehead atoms. The number of rotatable bonds is 3. The molecule has 152 valence electrons. The van der Waals surface area contributed by atoms with Gasteiger partial charge in [-0.25, -0.2) is 0 Å². The molecule has 0 radical (unpaired) electrons. The molecular weight excluding hydrogens is 379 g/mol. The number of hydrogen-bond donors (Lipinski definition) is 0. The maximum Gasteiger partial charge on any atom is 0.332 e. The van der Waals surface area contributed by atoms with Crippen molar-refractivity contribution in [2.24, 2.45) is 0 Å². The molecule has 5 rings (SSSR count). The van der Waals surface area contributed by atoms with Crippen LogP contribution in [0.4, 0.5) is 5.69 Å². The topological polar surface area (TPSA) is 38.7 Å². The molecule has 0 aliphatic carbocycles. The second-order valence-corrected chi connectivity index (χ2v) is 8.64. The van der Waals surface area contributed by atoms with Gasteiger partial charge >= 0.3 is 6.28 Å². The fourth-order valence-electron chi connectivity index (χ4n) is 5.57. The van der Waals surface area contributed by atoms with E-state index in [1.165, 1.54) is 22.3 Å². The first kappa shape index (κ1) is 19.4. The average molecular weight is 404 g/mol. The van der Waals surface area contributed by atoms with Gasteiger partial charge in [0, 0.05) is 43.9 Å². The SMILES string of the molecule is CC1=C(c2ccccn2)[B-](c2ccccn2)(c2ccccn2)[N+](C)(C)c2ccccc21. The summed E-state index contributed by atoms with van der Waals surface area (Å²) in [6, 6.07) is 27.2. The summed E-state index contributed by atoms with van der Waals surface area (Å²) in [5, 5.41) is 0. The Morgan fingerprint density at radius 1 is 0.645 bits per heavy atom. The fourth-order valence-corrected chi connectivity index (χ4v) is 5.57. The summed E-state index contributed by atoms with van der Waals surface area (Å²) in [7, 11) is 4.55. The molecule has 0 fully saturated rings. The van der Waals surface area contributed by atoms with Crippen molar-refractivity contribution < 1.29 is 0 Å². The number of fused-ring (bicyclic) bond motifs is 1. The van der Waals surface area contributed by atoms with Crippen molar-refractivity contribution in [2.45, 2.75) is 6.92 Å². The maximum absolute atomic E-state index is 4.94. The molecule has 0 unspecified atom stereocenters. The number of nitrogens with zero attached hydrogens (tertiary/aromatic N) is 4. The van der Waals surface area contributed by atoms with Crippen LogP contribution in [0.1, 0.15) is 18.2 Å². The highest BCUT2D eigenvalue weighted by molar-refractivity contribution is 7.15. The zero-order valence-electron chi connectivity index (χ0n) is 18.1. The van der Waals surface area contributed by atoms with E-state index in [9.17, 15) is 0 Å². The lowest BCUT2D eigenvalue weighted by atomic mass is 9.22. The van der Waals surface area contributed by atoms with E-state index in [2.05, 4.69) is 81.7 Å². The summed E-state index contributed by atoms with van der Waals surface area (Å²) >= 11 is 0. The minimum atomic E-state index is -1.64. The molecule has 0 spiro atoms. The summed E-state index contributed by atoms with van der Waals surface area (Å²) in [5.41, 5.74) is 7.93. The first-order chi connectivity index (χ1) is 15.1. The third kappa shape index (κ3) is 2.70. The molecule has 4 heterocycles.